The molecule has 34 heavy (non-hydrogen) atoms. The number of carbonyl (C=O) groups excluding carboxylic acids is 1. The first-order valence-corrected chi connectivity index (χ1v) is 16.6. The molecule has 8 nitrogen and oxygen atoms in total. The molecule has 1 aromatic heterocycles. The predicted molar refractivity (Wildman–Crippen MR) is 138 cm³/mol. The van der Waals surface area contributed by atoms with E-state index in [4.69, 9.17) is 19.4 Å². The Balaban J connectivity index is 1.48. The van der Waals surface area contributed by atoms with Crippen molar-refractivity contribution >= 4 is 25.8 Å². The van der Waals surface area contributed by atoms with Gasteiger partial charge in [-0.15, -0.1) is 0 Å². The van der Waals surface area contributed by atoms with E-state index in [0.29, 0.717) is 25.1 Å². The van der Waals surface area contributed by atoms with Gasteiger partial charge in [-0.1, -0.05) is 26.6 Å². The third-order valence-electron chi connectivity index (χ3n) is 7.11. The molecule has 3 aliphatic heterocycles. The molecule has 1 aromatic rings. The molecule has 0 N–H and O–H groups in total. The van der Waals surface area contributed by atoms with E-state index in [1.165, 1.54) is 11.6 Å². The minimum atomic E-state index is -1.10. The van der Waals surface area contributed by atoms with Crippen molar-refractivity contribution in [2.24, 2.45) is 5.92 Å². The zero-order valence-corrected chi connectivity index (χ0v) is 23.1. The number of anilines is 2. The predicted octanol–water partition coefficient (Wildman–Crippen LogP) is 4.55. The normalized spacial score (nSPS) is 24.9. The van der Waals surface area contributed by atoms with Gasteiger partial charge in [0.05, 0.1) is 0 Å². The highest BCUT2D eigenvalue weighted by Crippen LogP contribution is 2.47. The molecule has 0 aromatic carbocycles. The van der Waals surface area contributed by atoms with Crippen molar-refractivity contribution in [1.82, 2.24) is 14.9 Å². The van der Waals surface area contributed by atoms with Crippen LogP contribution < -0.4 is 9.80 Å². The van der Waals surface area contributed by atoms with Crippen LogP contribution in [0.3, 0.4) is 0 Å². The SMILES string of the molecule is CC1CN(C2CCCN(C(=O)OC(C)(C)C)C2)c2ncnc3c2C1CN3COCC[Si](C)(C)C. The second kappa shape index (κ2) is 9.64. The van der Waals surface area contributed by atoms with E-state index in [1.54, 1.807) is 6.33 Å². The number of ether oxygens (including phenoxy) is 2. The fraction of sp³-hybridized carbons (Fsp3) is 0.800. The zero-order valence-electron chi connectivity index (χ0n) is 22.1. The first-order chi connectivity index (χ1) is 15.9. The number of piperidine rings is 1. The van der Waals surface area contributed by atoms with E-state index >= 15 is 0 Å². The highest BCUT2D eigenvalue weighted by Gasteiger charge is 2.44. The maximum atomic E-state index is 12.7. The van der Waals surface area contributed by atoms with Gasteiger partial charge in [0.2, 0.25) is 0 Å². The first-order valence-electron chi connectivity index (χ1n) is 12.8. The van der Waals surface area contributed by atoms with Gasteiger partial charge in [0.25, 0.3) is 0 Å². The Kier molecular flexibility index (Phi) is 7.15. The molecular weight excluding hydrogens is 446 g/mol. The van der Waals surface area contributed by atoms with E-state index in [-0.39, 0.29) is 12.1 Å². The molecule has 1 amide bonds. The van der Waals surface area contributed by atoms with Gasteiger partial charge >= 0.3 is 6.09 Å². The van der Waals surface area contributed by atoms with Gasteiger partial charge in [0.1, 0.15) is 30.3 Å². The summed E-state index contributed by atoms with van der Waals surface area (Å²) in [6.07, 6.45) is 3.51. The summed E-state index contributed by atoms with van der Waals surface area (Å²) in [7, 11) is -1.10. The molecule has 4 rings (SSSR count). The molecule has 1 fully saturated rings. The van der Waals surface area contributed by atoms with Crippen molar-refractivity contribution < 1.29 is 14.3 Å². The van der Waals surface area contributed by atoms with Crippen molar-refractivity contribution in [3.05, 3.63) is 11.9 Å². The first kappa shape index (κ1) is 25.2. The molecule has 9 heteroatoms. The number of rotatable bonds is 6. The molecule has 1 saturated heterocycles. The van der Waals surface area contributed by atoms with Gasteiger partial charge < -0.3 is 24.2 Å². The Hall–Kier alpha value is -1.87. The van der Waals surface area contributed by atoms with E-state index in [0.717, 1.165) is 50.7 Å². The highest BCUT2D eigenvalue weighted by atomic mass is 28.3. The lowest BCUT2D eigenvalue weighted by molar-refractivity contribution is 0.0196. The summed E-state index contributed by atoms with van der Waals surface area (Å²) in [5.74, 6) is 2.99. The van der Waals surface area contributed by atoms with E-state index in [2.05, 4.69) is 36.4 Å². The van der Waals surface area contributed by atoms with Gasteiger partial charge in [-0.2, -0.15) is 0 Å². The zero-order chi connectivity index (χ0) is 24.7. The van der Waals surface area contributed by atoms with Crippen LogP contribution in [0.15, 0.2) is 6.33 Å². The third kappa shape index (κ3) is 5.67. The van der Waals surface area contributed by atoms with Gasteiger partial charge in [-0.3, -0.25) is 0 Å². The van der Waals surface area contributed by atoms with Crippen molar-refractivity contribution in [2.75, 3.05) is 49.3 Å². The van der Waals surface area contributed by atoms with Crippen molar-refractivity contribution in [3.8, 4) is 0 Å². The number of nitrogens with zero attached hydrogens (tertiary/aromatic N) is 5. The lowest BCUT2D eigenvalue weighted by Gasteiger charge is -2.44. The molecule has 4 heterocycles. The van der Waals surface area contributed by atoms with Crippen LogP contribution in [0.5, 0.6) is 0 Å². The Morgan fingerprint density at radius 2 is 1.88 bits per heavy atom. The second-order valence-corrected chi connectivity index (χ2v) is 18.1. The fourth-order valence-electron chi connectivity index (χ4n) is 5.28. The van der Waals surface area contributed by atoms with Gasteiger partial charge in [0, 0.05) is 58.4 Å². The van der Waals surface area contributed by atoms with Crippen LogP contribution in [0.25, 0.3) is 0 Å². The topological polar surface area (TPSA) is 71.0 Å². The highest BCUT2D eigenvalue weighted by molar-refractivity contribution is 6.76. The Bertz CT molecular complexity index is 884. The van der Waals surface area contributed by atoms with Crippen molar-refractivity contribution in [2.45, 2.75) is 83.8 Å². The smallest absolute Gasteiger partial charge is 0.410 e. The van der Waals surface area contributed by atoms with Crippen LogP contribution in [-0.4, -0.2) is 80.2 Å². The van der Waals surface area contributed by atoms with Crippen LogP contribution in [0.2, 0.25) is 25.7 Å². The van der Waals surface area contributed by atoms with Gasteiger partial charge in [-0.25, -0.2) is 14.8 Å². The van der Waals surface area contributed by atoms with E-state index < -0.39 is 13.7 Å². The molecule has 3 unspecified atom stereocenters. The monoisotopic (exact) mass is 489 g/mol. The quantitative estimate of drug-likeness (QED) is 0.429. The maximum absolute atomic E-state index is 12.7. The molecular formula is C25H43N5O3Si. The van der Waals surface area contributed by atoms with Crippen LogP contribution >= 0.6 is 0 Å². The number of carbonyl (C=O) groups is 1. The molecule has 3 aliphatic rings. The largest absolute Gasteiger partial charge is 0.444 e. The summed E-state index contributed by atoms with van der Waals surface area (Å²) in [6, 6.07) is 1.41. The Morgan fingerprint density at radius 1 is 1.15 bits per heavy atom. The van der Waals surface area contributed by atoms with Crippen LogP contribution in [0.1, 0.15) is 52.0 Å². The Morgan fingerprint density at radius 3 is 2.59 bits per heavy atom. The van der Waals surface area contributed by atoms with Crippen LogP contribution in [0, 0.1) is 5.92 Å². The molecule has 0 radical (unpaired) electrons. The molecule has 0 aliphatic carbocycles. The average Bonchev–Trinajstić information content (AvgIpc) is 3.12. The minimum absolute atomic E-state index is 0.213. The second-order valence-electron chi connectivity index (χ2n) is 12.5. The molecule has 190 valence electrons. The molecule has 3 atom stereocenters. The maximum Gasteiger partial charge on any atom is 0.410 e. The van der Waals surface area contributed by atoms with E-state index in [9.17, 15) is 4.79 Å². The molecule has 0 saturated carbocycles. The summed E-state index contributed by atoms with van der Waals surface area (Å²) < 4.78 is 11.7. The minimum Gasteiger partial charge on any atom is -0.444 e. The van der Waals surface area contributed by atoms with E-state index in [1.807, 2.05) is 25.7 Å². The summed E-state index contributed by atoms with van der Waals surface area (Å²) in [6.45, 7) is 20.0. The third-order valence-corrected chi connectivity index (χ3v) is 8.81. The molecule has 0 spiro atoms. The number of hydrogen-bond acceptors (Lipinski definition) is 7. The fourth-order valence-corrected chi connectivity index (χ4v) is 6.04. The van der Waals surface area contributed by atoms with Crippen molar-refractivity contribution in [1.29, 1.82) is 0 Å². The standard InChI is InChI=1S/C25H43N5O3Si/c1-18-13-30(19-9-8-10-28(14-19)24(31)33-25(2,3)4)23-21-20(18)15-29(22(21)26-16-27-23)17-32-11-12-34(5,6)7/h16,18-20H,8-15,17H2,1-7H3. The summed E-state index contributed by atoms with van der Waals surface area (Å²) in [5.41, 5.74) is 0.787. The van der Waals surface area contributed by atoms with Gasteiger partial charge in [0.15, 0.2) is 0 Å². The lowest BCUT2D eigenvalue weighted by Crippen LogP contribution is -2.53. The summed E-state index contributed by atoms with van der Waals surface area (Å²) in [5, 5.41) is 0. The van der Waals surface area contributed by atoms with Crippen molar-refractivity contribution in [3.63, 3.8) is 0 Å². The average molecular weight is 490 g/mol. The molecule has 0 bridgehead atoms. The van der Waals surface area contributed by atoms with Gasteiger partial charge in [-0.05, 0) is 45.6 Å². The summed E-state index contributed by atoms with van der Waals surface area (Å²) in [4.78, 5) is 28.8. The van der Waals surface area contributed by atoms with Crippen LogP contribution in [0.4, 0.5) is 16.4 Å². The lowest BCUT2D eigenvalue weighted by atomic mass is 9.84. The summed E-state index contributed by atoms with van der Waals surface area (Å²) >= 11 is 0. The number of likely N-dealkylation sites (tertiary alicyclic amines) is 1. The van der Waals surface area contributed by atoms with Crippen LogP contribution in [-0.2, 0) is 9.47 Å². The number of amides is 1. The Labute approximate surface area is 206 Å². The number of aromatic nitrogens is 2. The number of hydrogen-bond donors (Lipinski definition) is 0.